The van der Waals surface area contributed by atoms with Crippen molar-refractivity contribution in [2.75, 3.05) is 13.7 Å². The monoisotopic (exact) mass is 446 g/mol. The van der Waals surface area contributed by atoms with Crippen LogP contribution in [0.3, 0.4) is 0 Å². The van der Waals surface area contributed by atoms with Crippen molar-refractivity contribution >= 4 is 12.1 Å². The molecule has 0 radical (unpaired) electrons. The molecule has 33 heavy (non-hydrogen) atoms. The van der Waals surface area contributed by atoms with E-state index in [9.17, 15) is 9.59 Å². The van der Waals surface area contributed by atoms with Gasteiger partial charge in [-0.05, 0) is 61.8 Å². The fourth-order valence-corrected chi connectivity index (χ4v) is 5.11. The van der Waals surface area contributed by atoms with Crippen LogP contribution in [0.5, 0.6) is 0 Å². The second-order valence-electron chi connectivity index (χ2n) is 8.84. The Bertz CT molecular complexity index is 1070. The van der Waals surface area contributed by atoms with Crippen LogP contribution in [0.15, 0.2) is 54.6 Å². The zero-order chi connectivity index (χ0) is 23.4. The number of carbonyl (C=O) groups is 2. The maximum atomic E-state index is 13.2. The van der Waals surface area contributed by atoms with Crippen molar-refractivity contribution in [3.63, 3.8) is 0 Å². The molecule has 2 N–H and O–H groups in total. The van der Waals surface area contributed by atoms with Crippen LogP contribution < -0.4 is 5.73 Å². The Morgan fingerprint density at radius 2 is 1.94 bits per heavy atom. The van der Waals surface area contributed by atoms with Crippen molar-refractivity contribution in [1.82, 2.24) is 4.90 Å². The average molecular weight is 447 g/mol. The summed E-state index contributed by atoms with van der Waals surface area (Å²) in [4.78, 5) is 27.3. The number of ether oxygens (including phenoxy) is 2. The number of likely N-dealkylation sites (tertiary alicyclic amines) is 1. The van der Waals surface area contributed by atoms with E-state index in [0.717, 1.165) is 24.0 Å². The highest BCUT2D eigenvalue weighted by Crippen LogP contribution is 2.45. The molecule has 4 rings (SSSR count). The van der Waals surface area contributed by atoms with Crippen LogP contribution >= 0.6 is 0 Å². The molecule has 2 aromatic rings. The van der Waals surface area contributed by atoms with E-state index in [2.05, 4.69) is 11.8 Å². The van der Waals surface area contributed by atoms with Crippen LogP contribution in [0, 0.1) is 24.7 Å². The number of nitrogens with two attached hydrogens (primary N) is 1. The van der Waals surface area contributed by atoms with E-state index >= 15 is 0 Å². The first-order chi connectivity index (χ1) is 15.9. The van der Waals surface area contributed by atoms with Gasteiger partial charge in [0, 0.05) is 24.1 Å². The van der Waals surface area contributed by atoms with Crippen LogP contribution in [0.2, 0.25) is 0 Å². The maximum absolute atomic E-state index is 13.2. The molecular weight excluding hydrogens is 416 g/mol. The fraction of sp³-hybridized carbons (Fsp3) is 0.407. The van der Waals surface area contributed by atoms with Gasteiger partial charge in [0.1, 0.15) is 6.04 Å². The summed E-state index contributed by atoms with van der Waals surface area (Å²) in [6.45, 7) is 2.57. The number of fused-ring (bicyclic) bond motifs is 1. The normalized spacial score (nSPS) is 24.8. The van der Waals surface area contributed by atoms with Gasteiger partial charge >= 0.3 is 12.1 Å². The summed E-state index contributed by atoms with van der Waals surface area (Å²) < 4.78 is 11.2. The van der Waals surface area contributed by atoms with E-state index in [-0.39, 0.29) is 18.1 Å². The van der Waals surface area contributed by atoms with Crippen molar-refractivity contribution in [1.29, 1.82) is 0 Å². The third-order valence-corrected chi connectivity index (χ3v) is 6.73. The predicted molar refractivity (Wildman–Crippen MR) is 125 cm³/mol. The number of amides is 1. The van der Waals surface area contributed by atoms with E-state index in [1.165, 1.54) is 7.11 Å². The minimum Gasteiger partial charge on any atom is -0.453 e. The molecule has 1 aliphatic carbocycles. The number of esters is 1. The first-order valence-corrected chi connectivity index (χ1v) is 11.4. The third kappa shape index (κ3) is 4.74. The second kappa shape index (κ2) is 9.68. The van der Waals surface area contributed by atoms with Gasteiger partial charge in [0.2, 0.25) is 0 Å². The minimum absolute atomic E-state index is 0.0845. The van der Waals surface area contributed by atoms with Gasteiger partial charge in [-0.3, -0.25) is 0 Å². The Hall–Kier alpha value is -3.30. The second-order valence-corrected chi connectivity index (χ2v) is 8.84. The molecule has 0 unspecified atom stereocenters. The van der Waals surface area contributed by atoms with E-state index in [1.54, 1.807) is 4.90 Å². The van der Waals surface area contributed by atoms with E-state index in [1.807, 2.05) is 61.5 Å². The number of nitrogens with zero attached hydrogens (tertiary/aromatic N) is 1. The van der Waals surface area contributed by atoms with Crippen LogP contribution in [0.4, 0.5) is 4.79 Å². The van der Waals surface area contributed by atoms with Gasteiger partial charge in [0.25, 0.3) is 0 Å². The van der Waals surface area contributed by atoms with Gasteiger partial charge < -0.3 is 20.1 Å². The van der Waals surface area contributed by atoms with Crippen LogP contribution in [0.1, 0.15) is 48.4 Å². The number of hydrogen-bond donors (Lipinski definition) is 1. The van der Waals surface area contributed by atoms with Crippen molar-refractivity contribution in [3.05, 3.63) is 71.3 Å². The van der Waals surface area contributed by atoms with Crippen molar-refractivity contribution in [3.8, 4) is 11.8 Å². The number of benzene rings is 2. The van der Waals surface area contributed by atoms with E-state index in [4.69, 9.17) is 15.2 Å². The largest absolute Gasteiger partial charge is 0.453 e. The van der Waals surface area contributed by atoms with Crippen molar-refractivity contribution in [2.45, 2.75) is 50.3 Å². The summed E-state index contributed by atoms with van der Waals surface area (Å²) >= 11 is 0. The zero-order valence-corrected chi connectivity index (χ0v) is 19.1. The molecule has 1 aliphatic heterocycles. The lowest BCUT2D eigenvalue weighted by molar-refractivity contribution is -0.164. The molecule has 1 heterocycles. The summed E-state index contributed by atoms with van der Waals surface area (Å²) in [6, 6.07) is 16.1. The molecule has 0 spiro atoms. The number of hydrogen-bond acceptors (Lipinski definition) is 5. The molecule has 1 saturated carbocycles. The highest BCUT2D eigenvalue weighted by atomic mass is 16.6. The standard InChI is InChI=1S/C27H30N2O4/c1-19-8-6-9-20(18-19)13-16-27(33-25(30)24(28)21-10-4-3-5-11-21)15-7-12-23-22(27)14-17-29(23)26(31)32-2/h3-6,8-11,18,22-24H,7,12,14-15,17,28H2,1-2H3/t22-,23-,24-,27-/m1/s1. The van der Waals surface area contributed by atoms with E-state index < -0.39 is 17.6 Å². The van der Waals surface area contributed by atoms with E-state index in [0.29, 0.717) is 24.9 Å². The number of carbonyl (C=O) groups excluding carboxylic acids is 2. The molecule has 6 nitrogen and oxygen atoms in total. The highest BCUT2D eigenvalue weighted by molar-refractivity contribution is 5.78. The highest BCUT2D eigenvalue weighted by Gasteiger charge is 2.54. The summed E-state index contributed by atoms with van der Waals surface area (Å²) in [5.74, 6) is 5.98. The van der Waals surface area contributed by atoms with Crippen molar-refractivity contribution in [2.24, 2.45) is 11.7 Å². The Balaban J connectivity index is 1.68. The zero-order valence-electron chi connectivity index (χ0n) is 19.1. The first-order valence-electron chi connectivity index (χ1n) is 11.4. The van der Waals surface area contributed by atoms with Crippen LogP contribution in [0.25, 0.3) is 0 Å². The molecule has 2 aromatic carbocycles. The SMILES string of the molecule is COC(=O)N1CC[C@@H]2[C@H]1CCC[C@]2(C#Cc1cccc(C)c1)OC(=O)[C@H](N)c1ccccc1. The molecule has 4 atom stereocenters. The molecule has 2 aliphatic rings. The lowest BCUT2D eigenvalue weighted by Gasteiger charge is -2.42. The molecule has 0 bridgehead atoms. The first kappa shape index (κ1) is 22.9. The van der Waals surface area contributed by atoms with Gasteiger partial charge in [-0.25, -0.2) is 9.59 Å². The maximum Gasteiger partial charge on any atom is 0.409 e. The quantitative estimate of drug-likeness (QED) is 0.570. The number of methoxy groups -OCH3 is 1. The average Bonchev–Trinajstić information content (AvgIpc) is 3.28. The topological polar surface area (TPSA) is 81.9 Å². The molecule has 0 aromatic heterocycles. The molecule has 172 valence electrons. The smallest absolute Gasteiger partial charge is 0.409 e. The molecule has 6 heteroatoms. The predicted octanol–water partition coefficient (Wildman–Crippen LogP) is 3.97. The van der Waals surface area contributed by atoms with Gasteiger partial charge in [0.05, 0.1) is 7.11 Å². The van der Waals surface area contributed by atoms with Gasteiger partial charge in [0.15, 0.2) is 5.60 Å². The van der Waals surface area contributed by atoms with Crippen molar-refractivity contribution < 1.29 is 19.1 Å². The lowest BCUT2D eigenvalue weighted by Crippen LogP contribution is -2.52. The summed E-state index contributed by atoms with van der Waals surface area (Å²) in [5, 5.41) is 0. The lowest BCUT2D eigenvalue weighted by atomic mass is 9.72. The third-order valence-electron chi connectivity index (χ3n) is 6.73. The van der Waals surface area contributed by atoms with Crippen LogP contribution in [-0.4, -0.2) is 42.3 Å². The Labute approximate surface area is 195 Å². The molecule has 1 amide bonds. The fourth-order valence-electron chi connectivity index (χ4n) is 5.11. The summed E-state index contributed by atoms with van der Waals surface area (Å²) in [7, 11) is 1.39. The van der Waals surface area contributed by atoms with Crippen LogP contribution in [-0.2, 0) is 14.3 Å². The Morgan fingerprint density at radius 1 is 1.15 bits per heavy atom. The van der Waals surface area contributed by atoms with Gasteiger partial charge in [-0.2, -0.15) is 0 Å². The molecule has 1 saturated heterocycles. The molecule has 2 fully saturated rings. The van der Waals surface area contributed by atoms with Gasteiger partial charge in [-0.15, -0.1) is 0 Å². The number of rotatable bonds is 3. The summed E-state index contributed by atoms with van der Waals surface area (Å²) in [5.41, 5.74) is 7.92. The summed E-state index contributed by atoms with van der Waals surface area (Å²) in [6.07, 6.45) is 2.56. The minimum atomic E-state index is -1.01. The van der Waals surface area contributed by atoms with Gasteiger partial charge in [-0.1, -0.05) is 48.4 Å². The molecular formula is C27H30N2O4. The Morgan fingerprint density at radius 3 is 2.67 bits per heavy atom. The Kier molecular flexibility index (Phi) is 6.71. The number of aryl methyl sites for hydroxylation is 1.